The zero-order chi connectivity index (χ0) is 12.3. The summed E-state index contributed by atoms with van der Waals surface area (Å²) in [7, 11) is 0. The number of nitriles is 1. The van der Waals surface area contributed by atoms with E-state index in [4.69, 9.17) is 5.26 Å². The summed E-state index contributed by atoms with van der Waals surface area (Å²) in [5, 5.41) is 14.7. The van der Waals surface area contributed by atoms with Gasteiger partial charge in [0.2, 0.25) is 0 Å². The van der Waals surface area contributed by atoms with E-state index in [2.05, 4.69) is 14.9 Å². The van der Waals surface area contributed by atoms with E-state index in [1.54, 1.807) is 6.07 Å². The van der Waals surface area contributed by atoms with E-state index < -0.39 is 11.7 Å². The third-order valence-electron chi connectivity index (χ3n) is 1.96. The number of nitrogens with one attached hydrogen (secondary N) is 1. The number of amides is 1. The van der Waals surface area contributed by atoms with Gasteiger partial charge in [0.25, 0.3) is 5.91 Å². The Labute approximate surface area is 99.7 Å². The molecule has 0 bridgehead atoms. The van der Waals surface area contributed by atoms with Gasteiger partial charge in [-0.25, -0.2) is 4.39 Å². The summed E-state index contributed by atoms with van der Waals surface area (Å²) < 4.78 is 16.8. The maximum absolute atomic E-state index is 13.2. The van der Waals surface area contributed by atoms with E-state index in [9.17, 15) is 9.18 Å². The van der Waals surface area contributed by atoms with Crippen LogP contribution in [0.3, 0.4) is 0 Å². The van der Waals surface area contributed by atoms with Gasteiger partial charge < -0.3 is 5.32 Å². The second-order valence-corrected chi connectivity index (χ2v) is 3.80. The molecule has 84 valence electrons. The van der Waals surface area contributed by atoms with Crippen LogP contribution in [0.5, 0.6) is 0 Å². The second kappa shape index (κ2) is 4.67. The average Bonchev–Trinajstić information content (AvgIpc) is 2.82. The molecule has 2 aromatic rings. The lowest BCUT2D eigenvalue weighted by molar-refractivity contribution is 0.103. The maximum atomic E-state index is 13.2. The van der Waals surface area contributed by atoms with Crippen molar-refractivity contribution >= 4 is 23.1 Å². The van der Waals surface area contributed by atoms with E-state index in [0.29, 0.717) is 0 Å². The minimum atomic E-state index is -0.673. The van der Waals surface area contributed by atoms with Crippen molar-refractivity contribution in [3.63, 3.8) is 0 Å². The van der Waals surface area contributed by atoms with Crippen LogP contribution in [0.2, 0.25) is 0 Å². The number of rotatable bonds is 2. The molecule has 0 saturated carbocycles. The van der Waals surface area contributed by atoms with Gasteiger partial charge in [0, 0.05) is 0 Å². The Morgan fingerprint density at radius 1 is 1.53 bits per heavy atom. The summed E-state index contributed by atoms with van der Waals surface area (Å²) in [4.78, 5) is 11.9. The van der Waals surface area contributed by atoms with Gasteiger partial charge in [0.1, 0.15) is 22.3 Å². The van der Waals surface area contributed by atoms with Gasteiger partial charge in [0.05, 0.1) is 11.9 Å². The predicted molar refractivity (Wildman–Crippen MR) is 59.0 cm³/mol. The van der Waals surface area contributed by atoms with Gasteiger partial charge >= 0.3 is 0 Å². The molecule has 2 rings (SSSR count). The predicted octanol–water partition coefficient (Wildman–Crippen LogP) is 1.80. The van der Waals surface area contributed by atoms with E-state index in [1.165, 1.54) is 18.3 Å². The minimum absolute atomic E-state index is 0.130. The topological polar surface area (TPSA) is 78.7 Å². The third-order valence-corrected chi connectivity index (χ3v) is 2.62. The van der Waals surface area contributed by atoms with E-state index in [-0.39, 0.29) is 16.1 Å². The lowest BCUT2D eigenvalue weighted by atomic mass is 10.2. The highest BCUT2D eigenvalue weighted by atomic mass is 32.1. The molecule has 0 aliphatic carbocycles. The highest BCUT2D eigenvalue weighted by molar-refractivity contribution is 7.07. The number of hydrogen-bond acceptors (Lipinski definition) is 5. The Bertz CT molecular complexity index is 591. The van der Waals surface area contributed by atoms with Crippen LogP contribution in [0.4, 0.5) is 10.1 Å². The molecule has 1 heterocycles. The van der Waals surface area contributed by atoms with Crippen molar-refractivity contribution < 1.29 is 9.18 Å². The van der Waals surface area contributed by atoms with Gasteiger partial charge in [-0.15, -0.1) is 5.10 Å². The quantitative estimate of drug-likeness (QED) is 0.878. The van der Waals surface area contributed by atoms with Gasteiger partial charge in [-0.1, -0.05) is 10.6 Å². The molecule has 0 radical (unpaired) electrons. The van der Waals surface area contributed by atoms with Gasteiger partial charge in [0.15, 0.2) is 0 Å². The fourth-order valence-corrected chi connectivity index (χ4v) is 1.60. The van der Waals surface area contributed by atoms with Gasteiger partial charge in [-0.3, -0.25) is 4.79 Å². The first-order valence-electron chi connectivity index (χ1n) is 4.49. The van der Waals surface area contributed by atoms with Gasteiger partial charge in [-0.2, -0.15) is 5.26 Å². The van der Waals surface area contributed by atoms with Crippen LogP contribution in [0.15, 0.2) is 24.4 Å². The van der Waals surface area contributed by atoms with Crippen LogP contribution in [0.1, 0.15) is 15.2 Å². The molecule has 0 spiro atoms. The summed E-state index contributed by atoms with van der Waals surface area (Å²) >= 11 is 0.918. The largest absolute Gasteiger partial charge is 0.320 e. The molecule has 17 heavy (non-hydrogen) atoms. The van der Waals surface area contributed by atoms with Crippen molar-refractivity contribution in [1.29, 1.82) is 5.26 Å². The molecule has 1 N–H and O–H groups in total. The average molecular weight is 248 g/mol. The lowest BCUT2D eigenvalue weighted by Crippen LogP contribution is -2.11. The Hall–Kier alpha value is -2.33. The number of hydrogen-bond donors (Lipinski definition) is 1. The fraction of sp³-hybridized carbons (Fsp3) is 0. The molecule has 7 heteroatoms. The number of carbonyl (C=O) groups excluding carboxylic acids is 1. The number of aromatic nitrogens is 2. The molecule has 0 fully saturated rings. The maximum Gasteiger partial charge on any atom is 0.269 e. The van der Waals surface area contributed by atoms with Crippen molar-refractivity contribution in [1.82, 2.24) is 9.59 Å². The summed E-state index contributed by atoms with van der Waals surface area (Å²) in [6, 6.07) is 5.72. The van der Waals surface area contributed by atoms with Crippen molar-refractivity contribution in [3.8, 4) is 6.07 Å². The number of halogens is 1. The Balaban J connectivity index is 2.29. The number of nitrogens with zero attached hydrogens (tertiary/aromatic N) is 3. The highest BCUT2D eigenvalue weighted by Gasteiger charge is 2.13. The first-order valence-corrected chi connectivity index (χ1v) is 5.27. The van der Waals surface area contributed by atoms with Crippen molar-refractivity contribution in [3.05, 3.63) is 40.7 Å². The van der Waals surface area contributed by atoms with Crippen LogP contribution in [0, 0.1) is 17.1 Å². The molecule has 1 aromatic carbocycles. The molecule has 1 aromatic heterocycles. The Morgan fingerprint density at radius 2 is 2.35 bits per heavy atom. The minimum Gasteiger partial charge on any atom is -0.320 e. The molecule has 0 saturated heterocycles. The summed E-state index contributed by atoms with van der Waals surface area (Å²) in [6.45, 7) is 0. The Morgan fingerprint density at radius 3 is 3.00 bits per heavy atom. The molecule has 5 nitrogen and oxygen atoms in total. The molecule has 0 aliphatic heterocycles. The van der Waals surface area contributed by atoms with Crippen LogP contribution >= 0.6 is 11.5 Å². The number of carbonyl (C=O) groups is 1. The molecule has 0 aliphatic rings. The zero-order valence-corrected chi connectivity index (χ0v) is 9.16. The number of anilines is 1. The SMILES string of the molecule is N#Cc1c(F)cccc1NC(=O)c1cnns1. The normalized spacial score (nSPS) is 9.65. The molecule has 1 amide bonds. The monoisotopic (exact) mass is 248 g/mol. The lowest BCUT2D eigenvalue weighted by Gasteiger charge is -2.05. The second-order valence-electron chi connectivity index (χ2n) is 3.01. The summed E-state index contributed by atoms with van der Waals surface area (Å²) in [6.07, 6.45) is 1.30. The van der Waals surface area contributed by atoms with Crippen molar-refractivity contribution in [2.24, 2.45) is 0 Å². The summed E-state index contributed by atoms with van der Waals surface area (Å²) in [5.41, 5.74) is -0.0655. The molecule has 0 unspecified atom stereocenters. The molecular formula is C10H5FN4OS. The zero-order valence-electron chi connectivity index (χ0n) is 8.35. The third kappa shape index (κ3) is 2.26. The first-order chi connectivity index (χ1) is 8.22. The van der Waals surface area contributed by atoms with Crippen LogP contribution in [0.25, 0.3) is 0 Å². The first kappa shape index (κ1) is 11.2. The van der Waals surface area contributed by atoms with Crippen molar-refractivity contribution in [2.45, 2.75) is 0 Å². The Kier molecular flexibility index (Phi) is 3.07. The molecular weight excluding hydrogens is 243 g/mol. The van der Waals surface area contributed by atoms with E-state index in [0.717, 1.165) is 17.6 Å². The van der Waals surface area contributed by atoms with Crippen LogP contribution in [-0.4, -0.2) is 15.5 Å². The smallest absolute Gasteiger partial charge is 0.269 e. The van der Waals surface area contributed by atoms with Crippen molar-refractivity contribution in [2.75, 3.05) is 5.32 Å². The molecule has 0 atom stereocenters. The fourth-order valence-electron chi connectivity index (χ4n) is 1.19. The summed E-state index contributed by atoms with van der Waals surface area (Å²) in [5.74, 6) is -1.14. The standard InChI is InChI=1S/C10H5FN4OS/c11-7-2-1-3-8(6(7)4-12)14-10(16)9-5-13-15-17-9/h1-3,5H,(H,14,16). The van der Waals surface area contributed by atoms with Crippen LogP contribution in [-0.2, 0) is 0 Å². The van der Waals surface area contributed by atoms with Crippen LogP contribution < -0.4 is 5.32 Å². The van der Waals surface area contributed by atoms with Gasteiger partial charge in [-0.05, 0) is 23.7 Å². The van der Waals surface area contributed by atoms with E-state index in [1.807, 2.05) is 0 Å². The van der Waals surface area contributed by atoms with E-state index >= 15 is 0 Å². The number of benzene rings is 1. The highest BCUT2D eigenvalue weighted by Crippen LogP contribution is 2.18.